The summed E-state index contributed by atoms with van der Waals surface area (Å²) < 4.78 is 14.3. The number of hydrogen-bond donors (Lipinski definition) is 1. The van der Waals surface area contributed by atoms with E-state index >= 15 is 0 Å². The molecule has 2 rings (SSSR count). The van der Waals surface area contributed by atoms with Gasteiger partial charge in [-0.3, -0.25) is 9.59 Å². The number of hydrogen-bond acceptors (Lipinski definition) is 3. The van der Waals surface area contributed by atoms with Crippen molar-refractivity contribution in [3.63, 3.8) is 0 Å². The van der Waals surface area contributed by atoms with Crippen molar-refractivity contribution in [2.75, 3.05) is 5.32 Å². The van der Waals surface area contributed by atoms with E-state index in [0.29, 0.717) is 12.2 Å². The molecule has 0 atom stereocenters. The summed E-state index contributed by atoms with van der Waals surface area (Å²) in [5.74, 6) is -0.845. The standard InChI is InChI=1S/C15H15ClFN3O2/c1-9(2)8-20-14(21)6-5-13(19-20)15(22)18-10-3-4-12(17)11(16)7-10/h3-7,9H,8H2,1-2H3,(H,18,22). The molecule has 1 heterocycles. The molecule has 0 radical (unpaired) electrons. The summed E-state index contributed by atoms with van der Waals surface area (Å²) in [6, 6.07) is 6.49. The first kappa shape index (κ1) is 16.2. The van der Waals surface area contributed by atoms with Gasteiger partial charge in [0.25, 0.3) is 11.5 Å². The van der Waals surface area contributed by atoms with Crippen LogP contribution in [-0.2, 0) is 6.54 Å². The molecule has 116 valence electrons. The fourth-order valence-corrected chi connectivity index (χ4v) is 2.00. The van der Waals surface area contributed by atoms with Gasteiger partial charge in [-0.2, -0.15) is 5.10 Å². The van der Waals surface area contributed by atoms with Gasteiger partial charge in [0.2, 0.25) is 0 Å². The lowest BCUT2D eigenvalue weighted by atomic mass is 10.2. The molecule has 2 aromatic rings. The third-order valence-corrected chi connectivity index (χ3v) is 3.10. The molecular formula is C15H15ClFN3O2. The maximum atomic E-state index is 13.1. The van der Waals surface area contributed by atoms with E-state index in [1.807, 2.05) is 13.8 Å². The zero-order valence-electron chi connectivity index (χ0n) is 12.1. The normalized spacial score (nSPS) is 10.8. The molecule has 0 fully saturated rings. The number of benzene rings is 1. The van der Waals surface area contributed by atoms with Crippen molar-refractivity contribution in [3.05, 3.63) is 57.2 Å². The van der Waals surface area contributed by atoms with Crippen LogP contribution in [0, 0.1) is 11.7 Å². The highest BCUT2D eigenvalue weighted by atomic mass is 35.5. The molecular weight excluding hydrogens is 309 g/mol. The van der Waals surface area contributed by atoms with E-state index < -0.39 is 11.7 Å². The molecule has 0 unspecified atom stereocenters. The fourth-order valence-electron chi connectivity index (χ4n) is 1.82. The van der Waals surface area contributed by atoms with Crippen LogP contribution in [0.25, 0.3) is 0 Å². The van der Waals surface area contributed by atoms with Gasteiger partial charge in [-0.05, 0) is 30.2 Å². The van der Waals surface area contributed by atoms with Crippen molar-refractivity contribution in [2.45, 2.75) is 20.4 Å². The van der Waals surface area contributed by atoms with Gasteiger partial charge in [0, 0.05) is 18.3 Å². The summed E-state index contributed by atoms with van der Waals surface area (Å²) in [4.78, 5) is 23.8. The summed E-state index contributed by atoms with van der Waals surface area (Å²) in [5.41, 5.74) is 0.176. The van der Waals surface area contributed by atoms with E-state index in [2.05, 4.69) is 10.4 Å². The highest BCUT2D eigenvalue weighted by Gasteiger charge is 2.11. The lowest BCUT2D eigenvalue weighted by Gasteiger charge is -2.09. The van der Waals surface area contributed by atoms with Crippen molar-refractivity contribution in [3.8, 4) is 0 Å². The minimum Gasteiger partial charge on any atom is -0.321 e. The van der Waals surface area contributed by atoms with Gasteiger partial charge >= 0.3 is 0 Å². The molecule has 0 saturated carbocycles. The van der Waals surface area contributed by atoms with Crippen LogP contribution in [0.4, 0.5) is 10.1 Å². The Balaban J connectivity index is 2.22. The molecule has 1 aromatic heterocycles. The van der Waals surface area contributed by atoms with Gasteiger partial charge in [-0.15, -0.1) is 0 Å². The second kappa shape index (κ2) is 6.70. The molecule has 0 spiro atoms. The zero-order chi connectivity index (χ0) is 16.3. The first-order valence-corrected chi connectivity index (χ1v) is 7.09. The van der Waals surface area contributed by atoms with Crippen LogP contribution in [0.5, 0.6) is 0 Å². The maximum absolute atomic E-state index is 13.1. The molecule has 1 amide bonds. The molecule has 1 aromatic carbocycles. The van der Waals surface area contributed by atoms with E-state index in [9.17, 15) is 14.0 Å². The number of halogens is 2. The van der Waals surface area contributed by atoms with Crippen molar-refractivity contribution >= 4 is 23.2 Å². The van der Waals surface area contributed by atoms with E-state index in [1.54, 1.807) is 0 Å². The van der Waals surface area contributed by atoms with Crippen molar-refractivity contribution in [2.24, 2.45) is 5.92 Å². The zero-order valence-corrected chi connectivity index (χ0v) is 12.9. The summed E-state index contributed by atoms with van der Waals surface area (Å²) in [6.45, 7) is 4.31. The first-order valence-electron chi connectivity index (χ1n) is 6.71. The fraction of sp³-hybridized carbons (Fsp3) is 0.267. The van der Waals surface area contributed by atoms with Gasteiger partial charge in [-0.1, -0.05) is 25.4 Å². The predicted molar refractivity (Wildman–Crippen MR) is 82.7 cm³/mol. The van der Waals surface area contributed by atoms with Gasteiger partial charge < -0.3 is 5.32 Å². The minimum atomic E-state index is -0.566. The second-order valence-corrected chi connectivity index (χ2v) is 5.62. The number of carbonyl (C=O) groups excluding carboxylic acids is 1. The lowest BCUT2D eigenvalue weighted by molar-refractivity contribution is 0.101. The van der Waals surface area contributed by atoms with Gasteiger partial charge in [0.1, 0.15) is 11.5 Å². The quantitative estimate of drug-likeness (QED) is 0.941. The third kappa shape index (κ3) is 3.92. The van der Waals surface area contributed by atoms with Crippen molar-refractivity contribution in [1.82, 2.24) is 9.78 Å². The van der Waals surface area contributed by atoms with Crippen LogP contribution in [0.1, 0.15) is 24.3 Å². The van der Waals surface area contributed by atoms with Gasteiger partial charge in [0.15, 0.2) is 0 Å². The van der Waals surface area contributed by atoms with Crippen LogP contribution in [0.15, 0.2) is 35.1 Å². The van der Waals surface area contributed by atoms with Crippen LogP contribution in [0.3, 0.4) is 0 Å². The number of rotatable bonds is 4. The number of amides is 1. The monoisotopic (exact) mass is 323 g/mol. The van der Waals surface area contributed by atoms with E-state index in [0.717, 1.165) is 6.07 Å². The molecule has 22 heavy (non-hydrogen) atoms. The number of carbonyl (C=O) groups is 1. The Labute approximate surface area is 131 Å². The SMILES string of the molecule is CC(C)Cn1nc(C(=O)Nc2ccc(F)c(Cl)c2)ccc1=O. The van der Waals surface area contributed by atoms with Crippen LogP contribution < -0.4 is 10.9 Å². The van der Waals surface area contributed by atoms with Gasteiger partial charge in [0.05, 0.1) is 5.02 Å². The van der Waals surface area contributed by atoms with Crippen LogP contribution in [0.2, 0.25) is 5.02 Å². The van der Waals surface area contributed by atoms with Gasteiger partial charge in [-0.25, -0.2) is 9.07 Å². The second-order valence-electron chi connectivity index (χ2n) is 5.22. The third-order valence-electron chi connectivity index (χ3n) is 2.81. The van der Waals surface area contributed by atoms with Crippen LogP contribution >= 0.6 is 11.6 Å². The predicted octanol–water partition coefficient (Wildman–Crippen LogP) is 2.94. The Kier molecular flexibility index (Phi) is 4.92. The molecule has 0 aliphatic heterocycles. The Morgan fingerprint density at radius 1 is 1.36 bits per heavy atom. The van der Waals surface area contributed by atoms with Crippen molar-refractivity contribution < 1.29 is 9.18 Å². The molecule has 0 aliphatic rings. The molecule has 0 aliphatic carbocycles. The molecule has 0 bridgehead atoms. The largest absolute Gasteiger partial charge is 0.321 e. The number of nitrogens with one attached hydrogen (secondary N) is 1. The Morgan fingerprint density at radius 3 is 2.73 bits per heavy atom. The molecule has 5 nitrogen and oxygen atoms in total. The maximum Gasteiger partial charge on any atom is 0.276 e. The van der Waals surface area contributed by atoms with E-state index in [4.69, 9.17) is 11.6 Å². The molecule has 0 saturated heterocycles. The summed E-state index contributed by atoms with van der Waals surface area (Å²) >= 11 is 5.66. The average Bonchev–Trinajstić information content (AvgIpc) is 2.44. The Morgan fingerprint density at radius 2 is 2.09 bits per heavy atom. The van der Waals surface area contributed by atoms with E-state index in [-0.39, 0.29) is 22.2 Å². The molecule has 1 N–H and O–H groups in total. The topological polar surface area (TPSA) is 64.0 Å². The highest BCUT2D eigenvalue weighted by Crippen LogP contribution is 2.19. The Hall–Kier alpha value is -2.21. The smallest absolute Gasteiger partial charge is 0.276 e. The van der Waals surface area contributed by atoms with E-state index in [1.165, 1.54) is 28.9 Å². The van der Waals surface area contributed by atoms with Crippen LogP contribution in [-0.4, -0.2) is 15.7 Å². The summed E-state index contributed by atoms with van der Waals surface area (Å²) in [5, 5.41) is 6.50. The number of anilines is 1. The lowest BCUT2D eigenvalue weighted by Crippen LogP contribution is -2.27. The highest BCUT2D eigenvalue weighted by molar-refractivity contribution is 6.31. The number of aromatic nitrogens is 2. The summed E-state index contributed by atoms with van der Waals surface area (Å²) in [7, 11) is 0. The number of nitrogens with zero attached hydrogens (tertiary/aromatic N) is 2. The first-order chi connectivity index (χ1) is 10.4. The Bertz CT molecular complexity index is 759. The summed E-state index contributed by atoms with van der Waals surface area (Å²) in [6.07, 6.45) is 0. The van der Waals surface area contributed by atoms with Crippen molar-refractivity contribution in [1.29, 1.82) is 0 Å². The molecule has 7 heteroatoms. The average molecular weight is 324 g/mol. The minimum absolute atomic E-state index is 0.0875.